The van der Waals surface area contributed by atoms with Gasteiger partial charge in [-0.3, -0.25) is 0 Å². The summed E-state index contributed by atoms with van der Waals surface area (Å²) in [5.41, 5.74) is 1.43. The molecule has 6 nitrogen and oxygen atoms in total. The van der Waals surface area contributed by atoms with Gasteiger partial charge in [0.05, 0.1) is 11.2 Å². The molecule has 124 valence electrons. The van der Waals surface area contributed by atoms with E-state index in [9.17, 15) is 4.39 Å². The van der Waals surface area contributed by atoms with E-state index in [1.165, 1.54) is 6.20 Å². The third kappa shape index (κ3) is 2.81. The van der Waals surface area contributed by atoms with E-state index in [1.54, 1.807) is 18.5 Å². The summed E-state index contributed by atoms with van der Waals surface area (Å²) in [6, 6.07) is 1.98. The highest BCUT2D eigenvalue weighted by Crippen LogP contribution is 2.28. The topological polar surface area (TPSA) is 69.7 Å². The standard InChI is InChI=1S/C16H16ClFN6/c1-24-3-2-10(8-24)22-16-13(18)7-21-15(23-16)12-6-20-14-11(12)4-9(17)5-19-14/h4-7,10H,2-3,8H2,1H3,(H,19,20)(H,21,22,23)/t10-/m0/s1. The van der Waals surface area contributed by atoms with Crippen LogP contribution in [0.2, 0.25) is 5.02 Å². The van der Waals surface area contributed by atoms with Crippen molar-refractivity contribution in [3.05, 3.63) is 35.5 Å². The van der Waals surface area contributed by atoms with Gasteiger partial charge < -0.3 is 15.2 Å². The summed E-state index contributed by atoms with van der Waals surface area (Å²) < 4.78 is 14.1. The van der Waals surface area contributed by atoms with Crippen LogP contribution in [0.15, 0.2) is 24.7 Å². The van der Waals surface area contributed by atoms with Gasteiger partial charge in [0.15, 0.2) is 17.5 Å². The fourth-order valence-electron chi connectivity index (χ4n) is 3.01. The van der Waals surface area contributed by atoms with Crippen molar-refractivity contribution in [1.82, 2.24) is 24.8 Å². The normalized spacial score (nSPS) is 18.4. The van der Waals surface area contributed by atoms with E-state index in [0.717, 1.165) is 30.5 Å². The number of halogens is 2. The van der Waals surface area contributed by atoms with Crippen molar-refractivity contribution in [2.24, 2.45) is 0 Å². The fourth-order valence-corrected chi connectivity index (χ4v) is 3.17. The van der Waals surface area contributed by atoms with Crippen LogP contribution in [0.25, 0.3) is 22.4 Å². The number of fused-ring (bicyclic) bond motifs is 1. The maximum absolute atomic E-state index is 14.1. The van der Waals surface area contributed by atoms with Gasteiger partial charge in [0.25, 0.3) is 0 Å². The summed E-state index contributed by atoms with van der Waals surface area (Å²) >= 11 is 6.02. The lowest BCUT2D eigenvalue weighted by Crippen LogP contribution is -2.24. The van der Waals surface area contributed by atoms with Crippen LogP contribution in [0.1, 0.15) is 6.42 Å². The number of aromatic amines is 1. The number of H-pyrrole nitrogens is 1. The zero-order valence-electron chi connectivity index (χ0n) is 13.1. The molecule has 2 N–H and O–H groups in total. The van der Waals surface area contributed by atoms with Gasteiger partial charge in [0.2, 0.25) is 0 Å². The number of pyridine rings is 1. The maximum Gasteiger partial charge on any atom is 0.183 e. The maximum atomic E-state index is 14.1. The molecule has 0 unspecified atom stereocenters. The van der Waals surface area contributed by atoms with Crippen LogP contribution >= 0.6 is 11.6 Å². The molecule has 0 bridgehead atoms. The lowest BCUT2D eigenvalue weighted by Gasteiger charge is -2.14. The van der Waals surface area contributed by atoms with E-state index < -0.39 is 5.82 Å². The molecule has 3 aromatic rings. The first kappa shape index (κ1) is 15.3. The van der Waals surface area contributed by atoms with Crippen LogP contribution in [0.5, 0.6) is 0 Å². The van der Waals surface area contributed by atoms with Crippen LogP contribution < -0.4 is 5.32 Å². The lowest BCUT2D eigenvalue weighted by atomic mass is 10.2. The average Bonchev–Trinajstić information content (AvgIpc) is 3.15. The summed E-state index contributed by atoms with van der Waals surface area (Å²) in [4.78, 5) is 18.0. The second kappa shape index (κ2) is 5.99. The van der Waals surface area contributed by atoms with Gasteiger partial charge in [-0.2, -0.15) is 0 Å². The minimum Gasteiger partial charge on any atom is -0.363 e. The summed E-state index contributed by atoms with van der Waals surface area (Å²) in [5.74, 6) is 0.203. The molecule has 0 radical (unpaired) electrons. The largest absolute Gasteiger partial charge is 0.363 e. The molecule has 0 spiro atoms. The third-order valence-corrected chi connectivity index (χ3v) is 4.42. The van der Waals surface area contributed by atoms with Gasteiger partial charge >= 0.3 is 0 Å². The van der Waals surface area contributed by atoms with Gasteiger partial charge in [0, 0.05) is 35.9 Å². The molecule has 0 aromatic carbocycles. The highest BCUT2D eigenvalue weighted by molar-refractivity contribution is 6.31. The van der Waals surface area contributed by atoms with Crippen LogP contribution in [0, 0.1) is 5.82 Å². The highest BCUT2D eigenvalue weighted by Gasteiger charge is 2.21. The van der Waals surface area contributed by atoms with Crippen LogP contribution in [0.3, 0.4) is 0 Å². The number of anilines is 1. The van der Waals surface area contributed by atoms with Crippen molar-refractivity contribution in [3.8, 4) is 11.4 Å². The number of hydrogen-bond donors (Lipinski definition) is 2. The van der Waals surface area contributed by atoms with E-state index >= 15 is 0 Å². The molecule has 4 heterocycles. The number of likely N-dealkylation sites (N-methyl/N-ethyl adjacent to an activating group) is 1. The molecule has 0 aliphatic carbocycles. The molecule has 0 saturated carbocycles. The van der Waals surface area contributed by atoms with Crippen molar-refractivity contribution >= 4 is 28.5 Å². The molecule has 3 aromatic heterocycles. The Hall–Kier alpha value is -2.25. The molecule has 0 amide bonds. The number of nitrogens with one attached hydrogen (secondary N) is 2. The Balaban J connectivity index is 1.70. The minimum absolute atomic E-state index is 0.186. The molecular formula is C16H16ClFN6. The number of likely N-dealkylation sites (tertiary alicyclic amines) is 1. The predicted octanol–water partition coefficient (Wildman–Crippen LogP) is 2.93. The van der Waals surface area contributed by atoms with Crippen molar-refractivity contribution in [3.63, 3.8) is 0 Å². The van der Waals surface area contributed by atoms with Crippen molar-refractivity contribution in [2.75, 3.05) is 25.5 Å². The molecule has 1 aliphatic heterocycles. The van der Waals surface area contributed by atoms with E-state index in [2.05, 4.69) is 30.2 Å². The second-order valence-corrected chi connectivity index (χ2v) is 6.47. The summed E-state index contributed by atoms with van der Waals surface area (Å²) in [5, 5.41) is 4.51. The quantitative estimate of drug-likeness (QED) is 0.763. The molecule has 8 heteroatoms. The SMILES string of the molecule is CN1CC[C@H](Nc2nc(-c3c[nH]c4ncc(Cl)cc34)ncc2F)C1. The van der Waals surface area contributed by atoms with E-state index in [0.29, 0.717) is 16.5 Å². The fraction of sp³-hybridized carbons (Fsp3) is 0.312. The van der Waals surface area contributed by atoms with Gasteiger partial charge in [-0.25, -0.2) is 19.3 Å². The number of hydrogen-bond acceptors (Lipinski definition) is 5. The number of nitrogens with zero attached hydrogens (tertiary/aromatic N) is 4. The van der Waals surface area contributed by atoms with E-state index in [4.69, 9.17) is 11.6 Å². The molecule has 24 heavy (non-hydrogen) atoms. The third-order valence-electron chi connectivity index (χ3n) is 4.21. The molecule has 1 fully saturated rings. The van der Waals surface area contributed by atoms with Crippen LogP contribution in [-0.2, 0) is 0 Å². The zero-order chi connectivity index (χ0) is 16.7. The molecule has 1 atom stereocenters. The molecule has 4 rings (SSSR count). The Bertz CT molecular complexity index is 895. The molecular weight excluding hydrogens is 331 g/mol. The Labute approximate surface area is 143 Å². The smallest absolute Gasteiger partial charge is 0.183 e. The van der Waals surface area contributed by atoms with Crippen molar-refractivity contribution in [1.29, 1.82) is 0 Å². The molecule has 1 saturated heterocycles. The minimum atomic E-state index is -0.454. The van der Waals surface area contributed by atoms with E-state index in [1.807, 2.05) is 7.05 Å². The van der Waals surface area contributed by atoms with Crippen LogP contribution in [0.4, 0.5) is 10.2 Å². The number of rotatable bonds is 3. The van der Waals surface area contributed by atoms with Crippen LogP contribution in [-0.4, -0.2) is 51.0 Å². The predicted molar refractivity (Wildman–Crippen MR) is 91.6 cm³/mol. The number of aromatic nitrogens is 4. The second-order valence-electron chi connectivity index (χ2n) is 6.03. The highest BCUT2D eigenvalue weighted by atomic mass is 35.5. The Morgan fingerprint density at radius 3 is 3.04 bits per heavy atom. The Morgan fingerprint density at radius 1 is 1.38 bits per heavy atom. The summed E-state index contributed by atoms with van der Waals surface area (Å²) in [6.07, 6.45) is 5.48. The average molecular weight is 347 g/mol. The Morgan fingerprint density at radius 2 is 2.25 bits per heavy atom. The van der Waals surface area contributed by atoms with Gasteiger partial charge in [-0.15, -0.1) is 0 Å². The first-order valence-electron chi connectivity index (χ1n) is 7.71. The van der Waals surface area contributed by atoms with Gasteiger partial charge in [-0.1, -0.05) is 11.6 Å². The first-order valence-corrected chi connectivity index (χ1v) is 8.08. The first-order chi connectivity index (χ1) is 11.6. The van der Waals surface area contributed by atoms with E-state index in [-0.39, 0.29) is 11.9 Å². The summed E-state index contributed by atoms with van der Waals surface area (Å²) in [6.45, 7) is 1.86. The van der Waals surface area contributed by atoms with Crippen molar-refractivity contribution < 1.29 is 4.39 Å². The molecule has 1 aliphatic rings. The van der Waals surface area contributed by atoms with Gasteiger partial charge in [0.1, 0.15) is 5.65 Å². The summed E-state index contributed by atoms with van der Waals surface area (Å²) in [7, 11) is 2.05. The monoisotopic (exact) mass is 346 g/mol. The zero-order valence-corrected chi connectivity index (χ0v) is 13.8. The van der Waals surface area contributed by atoms with Crippen molar-refractivity contribution in [2.45, 2.75) is 12.5 Å². The Kier molecular flexibility index (Phi) is 3.82. The lowest BCUT2D eigenvalue weighted by molar-refractivity contribution is 0.413. The van der Waals surface area contributed by atoms with Gasteiger partial charge in [-0.05, 0) is 26.1 Å².